The van der Waals surface area contributed by atoms with Gasteiger partial charge in [-0.15, -0.1) is 0 Å². The molecule has 0 atom stereocenters. The largest absolute Gasteiger partial charge is 0.481 e. The van der Waals surface area contributed by atoms with Gasteiger partial charge in [-0.2, -0.15) is 0 Å². The monoisotopic (exact) mass is 308 g/mol. The molecule has 0 spiro atoms. The summed E-state index contributed by atoms with van der Waals surface area (Å²) < 4.78 is 12.9. The molecule has 2 rings (SSSR count). The number of aliphatic carboxylic acids is 1. The number of benzene rings is 1. The van der Waals surface area contributed by atoms with Gasteiger partial charge in [0.15, 0.2) is 0 Å². The van der Waals surface area contributed by atoms with Gasteiger partial charge in [0.05, 0.1) is 0 Å². The standard InChI is InChI=1S/C16H21FN2O3/c17-14-6-4-13(5-7-14)16(22)19-10-2-9-18(11-12-19)8-1-3-15(20)21/h4-7H,1-3,8-12H2,(H,20,21). The summed E-state index contributed by atoms with van der Waals surface area (Å²) in [6.45, 7) is 3.64. The normalized spacial score (nSPS) is 16.3. The van der Waals surface area contributed by atoms with E-state index in [9.17, 15) is 14.0 Å². The molecule has 5 nitrogen and oxygen atoms in total. The molecule has 6 heteroatoms. The molecule has 1 aliphatic heterocycles. The molecule has 0 bridgehead atoms. The van der Waals surface area contributed by atoms with Crippen LogP contribution in [-0.4, -0.2) is 59.5 Å². The van der Waals surface area contributed by atoms with Crippen molar-refractivity contribution in [2.75, 3.05) is 32.7 Å². The smallest absolute Gasteiger partial charge is 0.303 e. The topological polar surface area (TPSA) is 60.9 Å². The third kappa shape index (κ3) is 4.80. The van der Waals surface area contributed by atoms with Crippen LogP contribution >= 0.6 is 0 Å². The Morgan fingerprint density at radius 1 is 1.09 bits per heavy atom. The van der Waals surface area contributed by atoms with Crippen molar-refractivity contribution in [3.63, 3.8) is 0 Å². The minimum Gasteiger partial charge on any atom is -0.481 e. The number of rotatable bonds is 5. The van der Waals surface area contributed by atoms with Crippen molar-refractivity contribution in [2.45, 2.75) is 19.3 Å². The molecule has 1 saturated heterocycles. The van der Waals surface area contributed by atoms with Crippen molar-refractivity contribution in [1.82, 2.24) is 9.80 Å². The van der Waals surface area contributed by atoms with Gasteiger partial charge in [0.2, 0.25) is 0 Å². The van der Waals surface area contributed by atoms with Crippen molar-refractivity contribution in [3.05, 3.63) is 35.6 Å². The maximum atomic E-state index is 12.9. The van der Waals surface area contributed by atoms with Gasteiger partial charge in [-0.25, -0.2) is 4.39 Å². The quantitative estimate of drug-likeness (QED) is 0.901. The summed E-state index contributed by atoms with van der Waals surface area (Å²) in [6, 6.07) is 5.60. The number of nitrogens with zero attached hydrogens (tertiary/aromatic N) is 2. The van der Waals surface area contributed by atoms with Crippen LogP contribution in [0.4, 0.5) is 4.39 Å². The molecule has 0 unspecified atom stereocenters. The van der Waals surface area contributed by atoms with E-state index < -0.39 is 5.97 Å². The minimum atomic E-state index is -0.775. The van der Waals surface area contributed by atoms with Crippen LogP contribution in [-0.2, 0) is 4.79 Å². The Balaban J connectivity index is 1.85. The zero-order valence-electron chi connectivity index (χ0n) is 12.5. The van der Waals surface area contributed by atoms with E-state index in [2.05, 4.69) is 4.90 Å². The molecule has 0 saturated carbocycles. The van der Waals surface area contributed by atoms with Crippen LogP contribution in [0.3, 0.4) is 0 Å². The molecule has 120 valence electrons. The first kappa shape index (κ1) is 16.4. The molecule has 1 aromatic rings. The second-order valence-corrected chi connectivity index (χ2v) is 5.49. The van der Waals surface area contributed by atoms with Crippen LogP contribution in [0, 0.1) is 5.82 Å². The van der Waals surface area contributed by atoms with Crippen molar-refractivity contribution < 1.29 is 19.1 Å². The number of carbonyl (C=O) groups is 2. The minimum absolute atomic E-state index is 0.0765. The first-order chi connectivity index (χ1) is 10.6. The second kappa shape index (κ2) is 7.89. The number of carbonyl (C=O) groups excluding carboxylic acids is 1. The molecule has 1 fully saturated rings. The van der Waals surface area contributed by atoms with E-state index in [0.29, 0.717) is 25.1 Å². The summed E-state index contributed by atoms with van der Waals surface area (Å²) in [5.74, 6) is -1.20. The number of carboxylic acids is 1. The van der Waals surface area contributed by atoms with Gasteiger partial charge in [0.25, 0.3) is 5.91 Å². The molecule has 1 aromatic carbocycles. The lowest BCUT2D eigenvalue weighted by Gasteiger charge is -2.22. The maximum Gasteiger partial charge on any atom is 0.303 e. The zero-order chi connectivity index (χ0) is 15.9. The zero-order valence-corrected chi connectivity index (χ0v) is 12.5. The third-order valence-electron chi connectivity index (χ3n) is 3.83. The fourth-order valence-corrected chi connectivity index (χ4v) is 2.63. The lowest BCUT2D eigenvalue weighted by molar-refractivity contribution is -0.137. The van der Waals surface area contributed by atoms with E-state index >= 15 is 0 Å². The summed E-state index contributed by atoms with van der Waals surface area (Å²) in [5.41, 5.74) is 0.501. The summed E-state index contributed by atoms with van der Waals surface area (Å²) >= 11 is 0. The maximum absolute atomic E-state index is 12.9. The number of hydrogen-bond acceptors (Lipinski definition) is 3. The van der Waals surface area contributed by atoms with Crippen LogP contribution in [0.2, 0.25) is 0 Å². The Kier molecular flexibility index (Phi) is 5.89. The van der Waals surface area contributed by atoms with Gasteiger partial charge in [-0.1, -0.05) is 0 Å². The Hall–Kier alpha value is -1.95. The molecule has 1 N–H and O–H groups in total. The summed E-state index contributed by atoms with van der Waals surface area (Å²) in [5, 5.41) is 8.66. The average Bonchev–Trinajstić information content (AvgIpc) is 2.73. The first-order valence-corrected chi connectivity index (χ1v) is 7.55. The highest BCUT2D eigenvalue weighted by Crippen LogP contribution is 2.11. The predicted molar refractivity (Wildman–Crippen MR) is 80.2 cm³/mol. The number of amides is 1. The van der Waals surface area contributed by atoms with Crippen molar-refractivity contribution in [3.8, 4) is 0 Å². The Bertz CT molecular complexity index is 519. The number of carboxylic acid groups (broad SMARTS) is 1. The van der Waals surface area contributed by atoms with Crippen molar-refractivity contribution in [1.29, 1.82) is 0 Å². The molecular formula is C16H21FN2O3. The highest BCUT2D eigenvalue weighted by Gasteiger charge is 2.20. The summed E-state index contributed by atoms with van der Waals surface area (Å²) in [6.07, 6.45) is 1.66. The predicted octanol–water partition coefficient (Wildman–Crippen LogP) is 1.84. The van der Waals surface area contributed by atoms with Crippen LogP contribution in [0.5, 0.6) is 0 Å². The molecule has 0 aromatic heterocycles. The van der Waals surface area contributed by atoms with Crippen LogP contribution in [0.25, 0.3) is 0 Å². The van der Waals surface area contributed by atoms with Crippen molar-refractivity contribution >= 4 is 11.9 Å². The summed E-state index contributed by atoms with van der Waals surface area (Å²) in [7, 11) is 0. The molecule has 0 aliphatic carbocycles. The number of hydrogen-bond donors (Lipinski definition) is 1. The van der Waals surface area contributed by atoms with E-state index in [1.807, 2.05) is 0 Å². The Morgan fingerprint density at radius 2 is 1.82 bits per heavy atom. The third-order valence-corrected chi connectivity index (χ3v) is 3.83. The summed E-state index contributed by atoms with van der Waals surface area (Å²) in [4.78, 5) is 26.9. The lowest BCUT2D eigenvalue weighted by atomic mass is 10.2. The van der Waals surface area contributed by atoms with Gasteiger partial charge in [0.1, 0.15) is 5.82 Å². The van der Waals surface area contributed by atoms with Gasteiger partial charge in [-0.05, 0) is 50.2 Å². The van der Waals surface area contributed by atoms with Gasteiger partial charge >= 0.3 is 5.97 Å². The number of halogens is 1. The molecule has 1 aliphatic rings. The van der Waals surface area contributed by atoms with Crippen molar-refractivity contribution in [2.24, 2.45) is 0 Å². The lowest BCUT2D eigenvalue weighted by Crippen LogP contribution is -2.35. The molecule has 22 heavy (non-hydrogen) atoms. The van der Waals surface area contributed by atoms with Crippen LogP contribution in [0.1, 0.15) is 29.6 Å². The van der Waals surface area contributed by atoms with Crippen LogP contribution in [0.15, 0.2) is 24.3 Å². The molecule has 1 heterocycles. The highest BCUT2D eigenvalue weighted by atomic mass is 19.1. The van der Waals surface area contributed by atoms with Crippen LogP contribution < -0.4 is 0 Å². The SMILES string of the molecule is O=C(O)CCCN1CCCN(C(=O)c2ccc(F)cc2)CC1. The van der Waals surface area contributed by atoms with E-state index in [4.69, 9.17) is 5.11 Å². The second-order valence-electron chi connectivity index (χ2n) is 5.49. The Morgan fingerprint density at radius 3 is 2.50 bits per heavy atom. The van der Waals surface area contributed by atoms with E-state index in [0.717, 1.165) is 26.1 Å². The average molecular weight is 308 g/mol. The molecular weight excluding hydrogens is 287 g/mol. The van der Waals surface area contributed by atoms with Gasteiger partial charge < -0.3 is 14.9 Å². The van der Waals surface area contributed by atoms with E-state index in [-0.39, 0.29) is 18.1 Å². The fraction of sp³-hybridized carbons (Fsp3) is 0.500. The molecule has 0 radical (unpaired) electrons. The van der Waals surface area contributed by atoms with E-state index in [1.165, 1.54) is 24.3 Å². The van der Waals surface area contributed by atoms with Gasteiger partial charge in [-0.3, -0.25) is 9.59 Å². The fourth-order valence-electron chi connectivity index (χ4n) is 2.63. The van der Waals surface area contributed by atoms with Gasteiger partial charge in [0, 0.05) is 31.6 Å². The molecule has 1 amide bonds. The Labute approximate surface area is 129 Å². The highest BCUT2D eigenvalue weighted by molar-refractivity contribution is 5.94. The first-order valence-electron chi connectivity index (χ1n) is 7.55. The van der Waals surface area contributed by atoms with E-state index in [1.54, 1.807) is 4.90 Å².